The van der Waals surface area contributed by atoms with E-state index in [0.29, 0.717) is 6.61 Å². The van der Waals surface area contributed by atoms with Gasteiger partial charge in [0.1, 0.15) is 5.82 Å². The molecular weight excluding hydrogens is 336 g/mol. The van der Waals surface area contributed by atoms with Gasteiger partial charge in [-0.05, 0) is 30.7 Å². The molecule has 0 spiro atoms. The van der Waals surface area contributed by atoms with E-state index in [1.807, 2.05) is 42.6 Å². The highest BCUT2D eigenvalue weighted by Gasteiger charge is 2.18. The van der Waals surface area contributed by atoms with Crippen molar-refractivity contribution in [2.24, 2.45) is 0 Å². The van der Waals surface area contributed by atoms with Crippen molar-refractivity contribution in [3.05, 3.63) is 83.1 Å². The molecule has 5 nitrogen and oxygen atoms in total. The van der Waals surface area contributed by atoms with Crippen molar-refractivity contribution in [2.75, 3.05) is 19.7 Å². The molecule has 1 aliphatic rings. The van der Waals surface area contributed by atoms with Crippen molar-refractivity contribution in [1.82, 2.24) is 20.3 Å². The second kappa shape index (κ2) is 8.73. The Morgan fingerprint density at radius 2 is 1.78 bits per heavy atom. The zero-order valence-corrected chi connectivity index (χ0v) is 15.4. The largest absolute Gasteiger partial charge is 0.477 e. The highest BCUT2D eigenvalue weighted by Crippen LogP contribution is 2.23. The minimum Gasteiger partial charge on any atom is -0.477 e. The Balaban J connectivity index is 1.55. The molecule has 2 aromatic heterocycles. The third-order valence-electron chi connectivity index (χ3n) is 4.72. The minimum atomic E-state index is 0.568. The van der Waals surface area contributed by atoms with E-state index in [0.717, 1.165) is 67.4 Å². The second-order valence-electron chi connectivity index (χ2n) is 6.70. The summed E-state index contributed by atoms with van der Waals surface area (Å²) in [6, 6.07) is 16.3. The Morgan fingerprint density at radius 1 is 0.926 bits per heavy atom. The molecule has 0 bridgehead atoms. The number of nitrogens with one attached hydrogen (secondary N) is 1. The Kier molecular flexibility index (Phi) is 5.70. The molecule has 5 heteroatoms. The number of fused-ring (bicyclic) bond motifs is 1. The van der Waals surface area contributed by atoms with Gasteiger partial charge >= 0.3 is 0 Å². The molecule has 0 saturated carbocycles. The molecule has 0 radical (unpaired) electrons. The van der Waals surface area contributed by atoms with E-state index in [4.69, 9.17) is 14.7 Å². The molecule has 3 heterocycles. The highest BCUT2D eigenvalue weighted by atomic mass is 16.5. The van der Waals surface area contributed by atoms with E-state index in [2.05, 4.69) is 22.4 Å². The minimum absolute atomic E-state index is 0.568. The van der Waals surface area contributed by atoms with Crippen molar-refractivity contribution in [3.63, 3.8) is 0 Å². The zero-order valence-electron chi connectivity index (χ0n) is 15.4. The van der Waals surface area contributed by atoms with Crippen LogP contribution in [0.2, 0.25) is 0 Å². The maximum atomic E-state index is 6.12. The quantitative estimate of drug-likeness (QED) is 0.732. The van der Waals surface area contributed by atoms with Crippen LogP contribution in [0.4, 0.5) is 0 Å². The summed E-state index contributed by atoms with van der Waals surface area (Å²) in [6.07, 6.45) is 5.12. The van der Waals surface area contributed by atoms with Gasteiger partial charge in [-0.15, -0.1) is 0 Å². The number of nitrogens with zero attached hydrogens (tertiary/aromatic N) is 3. The van der Waals surface area contributed by atoms with Crippen LogP contribution in [0.1, 0.15) is 28.3 Å². The molecule has 4 rings (SSSR count). The molecular formula is C22H24N4O. The third kappa shape index (κ3) is 4.68. The predicted molar refractivity (Wildman–Crippen MR) is 105 cm³/mol. The molecule has 1 aliphatic heterocycles. The molecule has 0 atom stereocenters. The van der Waals surface area contributed by atoms with E-state index in [-0.39, 0.29) is 0 Å². The van der Waals surface area contributed by atoms with Gasteiger partial charge in [0.05, 0.1) is 12.3 Å². The fraction of sp³-hybridized carbons (Fsp3) is 0.318. The summed E-state index contributed by atoms with van der Waals surface area (Å²) in [5, 5.41) is 3.44. The topological polar surface area (TPSA) is 59.9 Å². The van der Waals surface area contributed by atoms with Gasteiger partial charge < -0.3 is 10.1 Å². The molecule has 1 N–H and O–H groups in total. The van der Waals surface area contributed by atoms with Gasteiger partial charge in [0.15, 0.2) is 0 Å². The fourth-order valence-corrected chi connectivity index (χ4v) is 3.33. The smallest absolute Gasteiger partial charge is 0.220 e. The molecule has 0 fully saturated rings. The summed E-state index contributed by atoms with van der Waals surface area (Å²) in [4.78, 5) is 14.0. The van der Waals surface area contributed by atoms with Crippen LogP contribution in [0.25, 0.3) is 0 Å². The van der Waals surface area contributed by atoms with Gasteiger partial charge in [-0.2, -0.15) is 4.98 Å². The maximum absolute atomic E-state index is 6.12. The van der Waals surface area contributed by atoms with Gasteiger partial charge in [-0.3, -0.25) is 4.98 Å². The van der Waals surface area contributed by atoms with Crippen LogP contribution in [0.3, 0.4) is 0 Å². The van der Waals surface area contributed by atoms with E-state index < -0.39 is 0 Å². The van der Waals surface area contributed by atoms with Crippen LogP contribution < -0.4 is 10.1 Å². The van der Waals surface area contributed by atoms with E-state index in [1.165, 1.54) is 5.56 Å². The van der Waals surface area contributed by atoms with Crippen LogP contribution in [-0.4, -0.2) is 34.6 Å². The van der Waals surface area contributed by atoms with Crippen LogP contribution in [0, 0.1) is 0 Å². The van der Waals surface area contributed by atoms with Crippen LogP contribution in [-0.2, 0) is 25.7 Å². The summed E-state index contributed by atoms with van der Waals surface area (Å²) in [5.41, 5.74) is 4.51. The summed E-state index contributed by atoms with van der Waals surface area (Å²) < 4.78 is 6.12. The second-order valence-corrected chi connectivity index (χ2v) is 6.70. The van der Waals surface area contributed by atoms with Crippen LogP contribution in [0.15, 0.2) is 54.7 Å². The van der Waals surface area contributed by atoms with Crippen molar-refractivity contribution >= 4 is 0 Å². The molecule has 27 heavy (non-hydrogen) atoms. The van der Waals surface area contributed by atoms with Crippen LogP contribution >= 0.6 is 0 Å². The maximum Gasteiger partial charge on any atom is 0.220 e. The zero-order chi connectivity index (χ0) is 18.3. The third-order valence-corrected chi connectivity index (χ3v) is 4.72. The number of ether oxygens (including phenoxy) is 1. The summed E-state index contributed by atoms with van der Waals surface area (Å²) in [7, 11) is 0. The summed E-state index contributed by atoms with van der Waals surface area (Å²) in [6.45, 7) is 2.45. The summed E-state index contributed by atoms with van der Waals surface area (Å²) >= 11 is 0. The first-order valence-corrected chi connectivity index (χ1v) is 9.54. The average Bonchev–Trinajstić information content (AvgIpc) is 2.95. The molecule has 0 aliphatic carbocycles. The van der Waals surface area contributed by atoms with E-state index in [1.54, 1.807) is 0 Å². The summed E-state index contributed by atoms with van der Waals surface area (Å²) in [5.74, 6) is 1.57. The van der Waals surface area contributed by atoms with E-state index >= 15 is 0 Å². The first-order valence-electron chi connectivity index (χ1n) is 9.54. The van der Waals surface area contributed by atoms with E-state index in [9.17, 15) is 0 Å². The lowest BCUT2D eigenvalue weighted by Crippen LogP contribution is -2.16. The lowest BCUT2D eigenvalue weighted by atomic mass is 10.1. The molecule has 138 valence electrons. The molecule has 0 saturated heterocycles. The van der Waals surface area contributed by atoms with Crippen molar-refractivity contribution < 1.29 is 4.74 Å². The van der Waals surface area contributed by atoms with Crippen molar-refractivity contribution in [1.29, 1.82) is 0 Å². The Labute approximate surface area is 159 Å². The number of hydrogen-bond acceptors (Lipinski definition) is 5. The van der Waals surface area contributed by atoms with Gasteiger partial charge in [0.2, 0.25) is 5.88 Å². The Morgan fingerprint density at radius 3 is 2.63 bits per heavy atom. The lowest BCUT2D eigenvalue weighted by Gasteiger charge is -2.14. The number of aromatic nitrogens is 3. The molecule has 1 aromatic carbocycles. The predicted octanol–water partition coefficient (Wildman–Crippen LogP) is 2.77. The first-order chi connectivity index (χ1) is 13.4. The standard InChI is InChI=1S/C22H24N4O/c1-2-6-17(7-3-1)16-21-25-20-10-14-23-13-9-19(20)22(26-21)27-15-11-18-8-4-5-12-24-18/h1-8,12,23H,9-11,13-16H2. The monoisotopic (exact) mass is 360 g/mol. The lowest BCUT2D eigenvalue weighted by molar-refractivity contribution is 0.302. The van der Waals surface area contributed by atoms with Gasteiger partial charge in [-0.25, -0.2) is 4.98 Å². The van der Waals surface area contributed by atoms with Crippen LogP contribution in [0.5, 0.6) is 5.88 Å². The molecule has 0 unspecified atom stereocenters. The number of pyridine rings is 1. The number of benzene rings is 1. The SMILES string of the molecule is c1ccc(Cc2nc3c(c(OCCc4ccccn4)n2)CCNCC3)cc1. The number of hydrogen-bond donors (Lipinski definition) is 1. The molecule has 0 amide bonds. The van der Waals surface area contributed by atoms with Gasteiger partial charge in [-0.1, -0.05) is 36.4 Å². The Hall–Kier alpha value is -2.79. The molecule has 3 aromatic rings. The van der Waals surface area contributed by atoms with Crippen molar-refractivity contribution in [2.45, 2.75) is 25.7 Å². The Bertz CT molecular complexity index is 868. The highest BCUT2D eigenvalue weighted by molar-refractivity contribution is 5.34. The normalized spacial score (nSPS) is 13.6. The fourth-order valence-electron chi connectivity index (χ4n) is 3.33. The van der Waals surface area contributed by atoms with Gasteiger partial charge in [0.25, 0.3) is 0 Å². The number of rotatable bonds is 6. The van der Waals surface area contributed by atoms with Crippen molar-refractivity contribution in [3.8, 4) is 5.88 Å². The average molecular weight is 360 g/mol. The van der Waals surface area contributed by atoms with Gasteiger partial charge in [0, 0.05) is 43.3 Å². The first kappa shape index (κ1) is 17.6.